The highest BCUT2D eigenvalue weighted by Crippen LogP contribution is 2.27. The maximum Gasteiger partial charge on any atom is 0.329 e. The third kappa shape index (κ3) is 3.42. The third-order valence-corrected chi connectivity index (χ3v) is 2.94. The molecule has 3 nitrogen and oxygen atoms in total. The maximum absolute atomic E-state index is 10.5. The van der Waals surface area contributed by atoms with E-state index in [-0.39, 0.29) is 6.61 Å². The molecule has 0 atom stereocenters. The van der Waals surface area contributed by atoms with E-state index in [1.54, 1.807) is 0 Å². The van der Waals surface area contributed by atoms with Crippen LogP contribution in [0.25, 0.3) is 11.1 Å². The van der Waals surface area contributed by atoms with Gasteiger partial charge in [-0.1, -0.05) is 48.5 Å². The Balaban J connectivity index is 2.26. The van der Waals surface area contributed by atoms with Crippen molar-refractivity contribution in [3.8, 4) is 11.1 Å². The highest BCUT2D eigenvalue weighted by molar-refractivity contribution is 5.70. The van der Waals surface area contributed by atoms with Crippen molar-refractivity contribution in [1.82, 2.24) is 0 Å². The Morgan fingerprint density at radius 1 is 1.05 bits per heavy atom. The molecule has 2 aromatic carbocycles. The number of benzene rings is 2. The van der Waals surface area contributed by atoms with Crippen molar-refractivity contribution in [1.29, 1.82) is 0 Å². The summed E-state index contributed by atoms with van der Waals surface area (Å²) in [7, 11) is 0. The standard InChI is InChI=1S/C16H16O3/c1-12-6-2-4-8-14(12)15-9-5-3-7-13(15)10-19-11-16(17)18/h2-9H,10-11H2,1H3,(H,17,18). The van der Waals surface area contributed by atoms with E-state index in [1.807, 2.05) is 36.4 Å². The highest BCUT2D eigenvalue weighted by Gasteiger charge is 2.07. The zero-order valence-electron chi connectivity index (χ0n) is 10.8. The normalized spacial score (nSPS) is 10.4. The van der Waals surface area contributed by atoms with Crippen molar-refractivity contribution in [2.45, 2.75) is 13.5 Å². The molecular weight excluding hydrogens is 240 g/mol. The van der Waals surface area contributed by atoms with Crippen LogP contribution in [0, 0.1) is 6.92 Å². The van der Waals surface area contributed by atoms with Gasteiger partial charge in [0.05, 0.1) is 6.61 Å². The fourth-order valence-electron chi connectivity index (χ4n) is 2.03. The Morgan fingerprint density at radius 3 is 2.37 bits per heavy atom. The third-order valence-electron chi connectivity index (χ3n) is 2.94. The summed E-state index contributed by atoms with van der Waals surface area (Å²) in [6, 6.07) is 16.0. The zero-order valence-corrected chi connectivity index (χ0v) is 10.8. The maximum atomic E-state index is 10.5. The first-order valence-electron chi connectivity index (χ1n) is 6.12. The van der Waals surface area contributed by atoms with Crippen molar-refractivity contribution in [2.24, 2.45) is 0 Å². The number of rotatable bonds is 5. The van der Waals surface area contributed by atoms with Gasteiger partial charge in [0, 0.05) is 0 Å². The Kier molecular flexibility index (Phi) is 4.31. The summed E-state index contributed by atoms with van der Waals surface area (Å²) in [5, 5.41) is 8.60. The minimum Gasteiger partial charge on any atom is -0.480 e. The fraction of sp³-hybridized carbons (Fsp3) is 0.188. The van der Waals surface area contributed by atoms with Crippen LogP contribution in [0.5, 0.6) is 0 Å². The molecule has 0 aliphatic rings. The molecule has 0 aliphatic heterocycles. The van der Waals surface area contributed by atoms with Crippen LogP contribution in [-0.2, 0) is 16.1 Å². The first-order chi connectivity index (χ1) is 9.18. The van der Waals surface area contributed by atoms with Gasteiger partial charge in [0.1, 0.15) is 6.61 Å². The van der Waals surface area contributed by atoms with E-state index >= 15 is 0 Å². The summed E-state index contributed by atoms with van der Waals surface area (Å²) < 4.78 is 5.18. The van der Waals surface area contributed by atoms with Gasteiger partial charge in [0.2, 0.25) is 0 Å². The molecule has 0 unspecified atom stereocenters. The second-order valence-corrected chi connectivity index (χ2v) is 4.36. The number of carboxylic acid groups (broad SMARTS) is 1. The monoisotopic (exact) mass is 256 g/mol. The molecule has 19 heavy (non-hydrogen) atoms. The lowest BCUT2D eigenvalue weighted by molar-refractivity contribution is -0.142. The quantitative estimate of drug-likeness (QED) is 0.893. The Labute approximate surface area is 112 Å². The van der Waals surface area contributed by atoms with Crippen LogP contribution in [0.4, 0.5) is 0 Å². The van der Waals surface area contributed by atoms with Gasteiger partial charge in [-0.3, -0.25) is 0 Å². The summed E-state index contributed by atoms with van der Waals surface area (Å²) in [5.74, 6) is -0.951. The van der Waals surface area contributed by atoms with Crippen molar-refractivity contribution in [3.05, 3.63) is 59.7 Å². The second-order valence-electron chi connectivity index (χ2n) is 4.36. The number of carbonyl (C=O) groups is 1. The molecule has 0 radical (unpaired) electrons. The Hall–Kier alpha value is -2.13. The molecule has 0 aromatic heterocycles. The van der Waals surface area contributed by atoms with Crippen LogP contribution in [0.2, 0.25) is 0 Å². The Bertz CT molecular complexity index is 576. The molecule has 0 saturated heterocycles. The number of aliphatic carboxylic acids is 1. The van der Waals surface area contributed by atoms with Crippen LogP contribution in [0.15, 0.2) is 48.5 Å². The zero-order chi connectivity index (χ0) is 13.7. The molecule has 0 heterocycles. The Morgan fingerprint density at radius 2 is 1.68 bits per heavy atom. The summed E-state index contributed by atoms with van der Waals surface area (Å²) >= 11 is 0. The van der Waals surface area contributed by atoms with Crippen LogP contribution in [0.3, 0.4) is 0 Å². The molecule has 2 aromatic rings. The lowest BCUT2D eigenvalue weighted by Crippen LogP contribution is -2.07. The van der Waals surface area contributed by atoms with Gasteiger partial charge in [0.25, 0.3) is 0 Å². The number of aryl methyl sites for hydroxylation is 1. The lowest BCUT2D eigenvalue weighted by atomic mass is 9.96. The number of hydrogen-bond acceptors (Lipinski definition) is 2. The predicted octanol–water partition coefficient (Wildman–Crippen LogP) is 3.26. The number of carboxylic acids is 1. The van der Waals surface area contributed by atoms with Crippen molar-refractivity contribution >= 4 is 5.97 Å². The van der Waals surface area contributed by atoms with E-state index < -0.39 is 5.97 Å². The predicted molar refractivity (Wildman–Crippen MR) is 73.9 cm³/mol. The first-order valence-corrected chi connectivity index (χ1v) is 6.12. The molecule has 98 valence electrons. The summed E-state index contributed by atoms with van der Waals surface area (Å²) in [4.78, 5) is 10.5. The molecule has 2 rings (SSSR count). The molecule has 0 bridgehead atoms. The van der Waals surface area contributed by atoms with Gasteiger partial charge >= 0.3 is 5.97 Å². The first kappa shape index (κ1) is 13.3. The van der Waals surface area contributed by atoms with Crippen molar-refractivity contribution in [2.75, 3.05) is 6.61 Å². The van der Waals surface area contributed by atoms with E-state index in [2.05, 4.69) is 19.1 Å². The van der Waals surface area contributed by atoms with Crippen molar-refractivity contribution in [3.63, 3.8) is 0 Å². The van der Waals surface area contributed by atoms with Crippen molar-refractivity contribution < 1.29 is 14.6 Å². The molecule has 0 spiro atoms. The van der Waals surface area contributed by atoms with E-state index in [9.17, 15) is 4.79 Å². The van der Waals surface area contributed by atoms with Crippen LogP contribution in [0.1, 0.15) is 11.1 Å². The van der Waals surface area contributed by atoms with Crippen LogP contribution < -0.4 is 0 Å². The molecule has 0 saturated carbocycles. The van der Waals surface area contributed by atoms with Gasteiger partial charge in [-0.2, -0.15) is 0 Å². The van der Waals surface area contributed by atoms with E-state index in [1.165, 1.54) is 5.56 Å². The molecular formula is C16H16O3. The summed E-state index contributed by atoms with van der Waals surface area (Å²) in [5.41, 5.74) is 4.43. The summed E-state index contributed by atoms with van der Waals surface area (Å²) in [6.07, 6.45) is 0. The van der Waals surface area contributed by atoms with Crippen LogP contribution in [-0.4, -0.2) is 17.7 Å². The van der Waals surface area contributed by atoms with Gasteiger partial charge in [-0.15, -0.1) is 0 Å². The molecule has 0 amide bonds. The van der Waals surface area contributed by atoms with Gasteiger partial charge in [-0.25, -0.2) is 4.79 Å². The van der Waals surface area contributed by atoms with Crippen LogP contribution >= 0.6 is 0 Å². The minimum atomic E-state index is -0.951. The smallest absolute Gasteiger partial charge is 0.329 e. The van der Waals surface area contributed by atoms with E-state index in [0.717, 1.165) is 16.7 Å². The average Bonchev–Trinajstić information content (AvgIpc) is 2.40. The lowest BCUT2D eigenvalue weighted by Gasteiger charge is -2.11. The molecule has 3 heteroatoms. The highest BCUT2D eigenvalue weighted by atomic mass is 16.5. The van der Waals surface area contributed by atoms with E-state index in [0.29, 0.717) is 6.61 Å². The topological polar surface area (TPSA) is 46.5 Å². The fourth-order valence-corrected chi connectivity index (χ4v) is 2.03. The molecule has 0 aliphatic carbocycles. The number of hydrogen-bond donors (Lipinski definition) is 1. The largest absolute Gasteiger partial charge is 0.480 e. The van der Waals surface area contributed by atoms with E-state index in [4.69, 9.17) is 9.84 Å². The molecule has 0 fully saturated rings. The van der Waals surface area contributed by atoms with Gasteiger partial charge in [-0.05, 0) is 29.2 Å². The van der Waals surface area contributed by atoms with Gasteiger partial charge < -0.3 is 9.84 Å². The summed E-state index contributed by atoms with van der Waals surface area (Å²) in [6.45, 7) is 2.09. The van der Waals surface area contributed by atoms with Gasteiger partial charge in [0.15, 0.2) is 0 Å². The minimum absolute atomic E-state index is 0.276. The molecule has 1 N–H and O–H groups in total. The second kappa shape index (κ2) is 6.16. The SMILES string of the molecule is Cc1ccccc1-c1ccccc1COCC(=O)O. The average molecular weight is 256 g/mol. The number of ether oxygens (including phenoxy) is 1.